The van der Waals surface area contributed by atoms with E-state index in [2.05, 4.69) is 61.6 Å². The van der Waals surface area contributed by atoms with Crippen LogP contribution in [0.5, 0.6) is 0 Å². The topological polar surface area (TPSA) is 47.5 Å². The lowest BCUT2D eigenvalue weighted by Crippen LogP contribution is -2.14. The molecule has 0 radical (unpaired) electrons. The minimum atomic E-state index is 0.712. The molecule has 0 atom stereocenters. The van der Waals surface area contributed by atoms with Gasteiger partial charge in [0.25, 0.3) is 0 Å². The number of rotatable bonds is 5. The number of halogens is 1. The van der Waals surface area contributed by atoms with Crippen molar-refractivity contribution < 1.29 is 0 Å². The number of hydrogen-bond donors (Lipinski definition) is 0. The molecule has 0 bridgehead atoms. The molecule has 0 amide bonds. The van der Waals surface area contributed by atoms with E-state index in [0.717, 1.165) is 37.5 Å². The predicted molar refractivity (Wildman–Crippen MR) is 123 cm³/mol. The van der Waals surface area contributed by atoms with Gasteiger partial charge >= 0.3 is 0 Å². The fraction of sp³-hybridized carbons (Fsp3) is 0.136. The number of aromatic nitrogens is 3. The Bertz CT molecular complexity index is 1200. The van der Waals surface area contributed by atoms with Crippen molar-refractivity contribution in [2.24, 2.45) is 10.1 Å². The zero-order chi connectivity index (χ0) is 20.2. The minimum Gasteiger partial charge on any atom is -0.306 e. The zero-order valence-corrected chi connectivity index (χ0v) is 18.6. The van der Waals surface area contributed by atoms with E-state index in [-0.39, 0.29) is 0 Å². The van der Waals surface area contributed by atoms with Crippen LogP contribution in [0.2, 0.25) is 0 Å². The highest BCUT2D eigenvalue weighted by molar-refractivity contribution is 9.10. The van der Waals surface area contributed by atoms with Gasteiger partial charge in [-0.2, -0.15) is 5.10 Å². The lowest BCUT2D eigenvalue weighted by atomic mass is 10.1. The molecule has 2 heterocycles. The first-order valence-corrected chi connectivity index (χ1v) is 10.9. The van der Waals surface area contributed by atoms with E-state index in [9.17, 15) is 0 Å². The smallest absolute Gasteiger partial charge is 0.206 e. The Morgan fingerprint density at radius 1 is 1.14 bits per heavy atom. The van der Waals surface area contributed by atoms with Gasteiger partial charge in [0.05, 0.1) is 17.7 Å². The molecule has 0 fully saturated rings. The van der Waals surface area contributed by atoms with Crippen molar-refractivity contribution in [3.05, 3.63) is 87.5 Å². The Morgan fingerprint density at radius 2 is 1.93 bits per heavy atom. The van der Waals surface area contributed by atoms with E-state index in [4.69, 9.17) is 5.10 Å². The van der Waals surface area contributed by atoms with Crippen molar-refractivity contribution in [1.82, 2.24) is 14.2 Å². The number of hydrogen-bond acceptors (Lipinski definition) is 4. The normalized spacial score (nSPS) is 12.5. The molecule has 0 saturated carbocycles. The highest BCUT2D eigenvalue weighted by Crippen LogP contribution is 2.28. The maximum atomic E-state index is 4.93. The molecule has 2 aromatic heterocycles. The molecular weight excluding hydrogens is 446 g/mol. The van der Waals surface area contributed by atoms with Crippen LogP contribution in [-0.4, -0.2) is 26.5 Å². The summed E-state index contributed by atoms with van der Waals surface area (Å²) in [5.41, 5.74) is 5.16. The Balaban J connectivity index is 1.76. The fourth-order valence-corrected chi connectivity index (χ4v) is 4.36. The number of thiazole rings is 1. The van der Waals surface area contributed by atoms with Crippen molar-refractivity contribution in [1.29, 1.82) is 0 Å². The van der Waals surface area contributed by atoms with E-state index in [1.54, 1.807) is 23.9 Å². The quantitative estimate of drug-likeness (QED) is 0.366. The van der Waals surface area contributed by atoms with Gasteiger partial charge in [-0.1, -0.05) is 46.3 Å². The summed E-state index contributed by atoms with van der Waals surface area (Å²) in [4.78, 5) is 9.61. The monoisotopic (exact) mass is 465 g/mol. The van der Waals surface area contributed by atoms with Crippen LogP contribution in [-0.2, 0) is 0 Å². The molecule has 0 saturated heterocycles. The van der Waals surface area contributed by atoms with Gasteiger partial charge in [-0.15, -0.1) is 11.3 Å². The lowest BCUT2D eigenvalue weighted by molar-refractivity contribution is 0.827. The molecule has 2 aromatic carbocycles. The van der Waals surface area contributed by atoms with Gasteiger partial charge < -0.3 is 4.57 Å². The molecule has 0 aliphatic carbocycles. The molecule has 4 aromatic rings. The molecule has 0 N–H and O–H groups in total. The molecule has 5 nitrogen and oxygen atoms in total. The van der Waals surface area contributed by atoms with Gasteiger partial charge in [0.1, 0.15) is 0 Å². The van der Waals surface area contributed by atoms with E-state index >= 15 is 0 Å². The lowest BCUT2D eigenvalue weighted by Gasteiger charge is -2.08. The third-order valence-electron chi connectivity index (χ3n) is 4.47. The van der Waals surface area contributed by atoms with Crippen molar-refractivity contribution in [2.75, 3.05) is 6.54 Å². The number of benzene rings is 2. The van der Waals surface area contributed by atoms with Gasteiger partial charge in [0.15, 0.2) is 0 Å². The van der Waals surface area contributed by atoms with Crippen LogP contribution in [0.25, 0.3) is 16.9 Å². The summed E-state index contributed by atoms with van der Waals surface area (Å²) in [6, 6.07) is 16.5. The maximum absolute atomic E-state index is 4.93. The van der Waals surface area contributed by atoms with Gasteiger partial charge in [-0.05, 0) is 37.6 Å². The molecule has 7 heteroatoms. The first-order chi connectivity index (χ1) is 14.2. The van der Waals surface area contributed by atoms with Crippen LogP contribution >= 0.6 is 27.3 Å². The van der Waals surface area contributed by atoms with Crippen molar-refractivity contribution in [3.8, 4) is 16.9 Å². The van der Waals surface area contributed by atoms with Crippen LogP contribution < -0.4 is 4.80 Å². The Hall–Kier alpha value is -2.77. The molecule has 146 valence electrons. The highest BCUT2D eigenvalue weighted by atomic mass is 79.9. The van der Waals surface area contributed by atoms with E-state index in [1.807, 2.05) is 47.5 Å². The van der Waals surface area contributed by atoms with E-state index in [1.165, 1.54) is 0 Å². The minimum absolute atomic E-state index is 0.712. The molecule has 0 unspecified atom stereocenters. The summed E-state index contributed by atoms with van der Waals surface area (Å²) in [7, 11) is 0. The number of imidazole rings is 1. The fourth-order valence-electron chi connectivity index (χ4n) is 2.99. The third kappa shape index (κ3) is 4.16. The second-order valence-electron chi connectivity index (χ2n) is 6.37. The largest absolute Gasteiger partial charge is 0.306 e. The summed E-state index contributed by atoms with van der Waals surface area (Å²) in [6.45, 7) is 4.77. The summed E-state index contributed by atoms with van der Waals surface area (Å²) < 4.78 is 4.95. The van der Waals surface area contributed by atoms with Crippen LogP contribution in [0.1, 0.15) is 19.4 Å². The third-order valence-corrected chi connectivity index (χ3v) is 6.01. The van der Waals surface area contributed by atoms with Crippen LogP contribution in [0.4, 0.5) is 0 Å². The second-order valence-corrected chi connectivity index (χ2v) is 8.06. The van der Waals surface area contributed by atoms with E-state index in [0.29, 0.717) is 6.54 Å². The standard InChI is InChI=1S/C22H20BrN5S/c1-3-25-22-28(21(14-29-22)19-6-4-5-7-20(19)23)26-16(2)17-8-10-18(11-9-17)27-13-12-24-15-27/h4-15H,3H2,1-2H3. The molecular formula is C22H20BrN5S. The van der Waals surface area contributed by atoms with Gasteiger partial charge in [-0.25, -0.2) is 9.66 Å². The molecule has 0 aliphatic rings. The summed E-state index contributed by atoms with van der Waals surface area (Å²) in [5, 5.41) is 7.03. The summed E-state index contributed by atoms with van der Waals surface area (Å²) >= 11 is 5.26. The zero-order valence-electron chi connectivity index (χ0n) is 16.2. The maximum Gasteiger partial charge on any atom is 0.206 e. The van der Waals surface area contributed by atoms with Gasteiger partial charge in [-0.3, -0.25) is 4.99 Å². The van der Waals surface area contributed by atoms with E-state index < -0.39 is 0 Å². The predicted octanol–water partition coefficient (Wildman–Crippen LogP) is 5.36. The molecule has 29 heavy (non-hydrogen) atoms. The second kappa shape index (κ2) is 8.71. The van der Waals surface area contributed by atoms with Crippen molar-refractivity contribution in [3.63, 3.8) is 0 Å². The Morgan fingerprint density at radius 3 is 2.62 bits per heavy atom. The van der Waals surface area contributed by atoms with Gasteiger partial charge in [0, 0.05) is 40.0 Å². The Labute approximate surface area is 181 Å². The Kier molecular flexibility index (Phi) is 5.87. The van der Waals surface area contributed by atoms with Crippen LogP contribution in [0.15, 0.2) is 87.2 Å². The first-order valence-electron chi connectivity index (χ1n) is 9.27. The van der Waals surface area contributed by atoms with Gasteiger partial charge in [0.2, 0.25) is 4.80 Å². The van der Waals surface area contributed by atoms with Crippen molar-refractivity contribution >= 4 is 33.0 Å². The molecule has 0 spiro atoms. The highest BCUT2D eigenvalue weighted by Gasteiger charge is 2.11. The molecule has 0 aliphatic heterocycles. The summed E-state index contributed by atoms with van der Waals surface area (Å²) in [6.07, 6.45) is 5.50. The first kappa shape index (κ1) is 19.5. The van der Waals surface area contributed by atoms with Crippen LogP contribution in [0.3, 0.4) is 0 Å². The van der Waals surface area contributed by atoms with Crippen LogP contribution in [0, 0.1) is 0 Å². The average Bonchev–Trinajstić information content (AvgIpc) is 3.40. The number of nitrogens with zero attached hydrogens (tertiary/aromatic N) is 5. The summed E-state index contributed by atoms with van der Waals surface area (Å²) in [5.74, 6) is 0. The molecule has 4 rings (SSSR count). The SMILES string of the molecule is CCN=c1scc(-c2ccccc2Br)n1N=C(C)c1ccc(-n2ccnc2)cc1. The average molecular weight is 466 g/mol. The van der Waals surface area contributed by atoms with Crippen molar-refractivity contribution in [2.45, 2.75) is 13.8 Å².